The monoisotopic (exact) mass is 350 g/mol. The van der Waals surface area contributed by atoms with Gasteiger partial charge in [-0.05, 0) is 26.0 Å². The molecule has 134 valence electrons. The molecule has 0 N–H and O–H groups in total. The summed E-state index contributed by atoms with van der Waals surface area (Å²) < 4.78 is 1.75. The van der Waals surface area contributed by atoms with Crippen LogP contribution in [0.25, 0.3) is 11.0 Å². The number of piperazine rings is 1. The van der Waals surface area contributed by atoms with Crippen molar-refractivity contribution in [3.63, 3.8) is 0 Å². The van der Waals surface area contributed by atoms with Crippen LogP contribution in [0.4, 0.5) is 5.82 Å². The van der Waals surface area contributed by atoms with E-state index in [9.17, 15) is 4.79 Å². The van der Waals surface area contributed by atoms with Gasteiger partial charge < -0.3 is 9.80 Å². The molecule has 0 aliphatic carbocycles. The number of carbonyl (C=O) groups excluding carboxylic acids is 1. The third kappa shape index (κ3) is 2.89. The van der Waals surface area contributed by atoms with E-state index in [0.29, 0.717) is 13.1 Å². The molecule has 0 spiro atoms. The topological polar surface area (TPSA) is 67.2 Å². The fraction of sp³-hybridized carbons (Fsp3) is 0.368. The number of nitrogens with zero attached hydrogens (tertiary/aromatic N) is 6. The molecule has 7 heteroatoms. The molecule has 3 aromatic rings. The maximum Gasteiger partial charge on any atom is 0.253 e. The molecule has 0 bridgehead atoms. The van der Waals surface area contributed by atoms with Gasteiger partial charge in [-0.15, -0.1) is 0 Å². The molecular formula is C19H22N6O. The van der Waals surface area contributed by atoms with Crippen LogP contribution >= 0.6 is 0 Å². The standard InChI is InChI=1S/C19H22N6O/c1-13-8-14(2)10-15(9-13)19(26)25-6-4-24(5-7-25)18-16-11-22-23(3)17(16)20-12-21-18/h8-12H,4-7H2,1-3H3. The van der Waals surface area contributed by atoms with Crippen LogP contribution in [0.1, 0.15) is 21.5 Å². The van der Waals surface area contributed by atoms with E-state index in [1.165, 1.54) is 0 Å². The Morgan fingerprint density at radius 3 is 2.38 bits per heavy atom. The number of hydrogen-bond acceptors (Lipinski definition) is 5. The lowest BCUT2D eigenvalue weighted by Crippen LogP contribution is -2.49. The Balaban J connectivity index is 1.51. The van der Waals surface area contributed by atoms with E-state index < -0.39 is 0 Å². The number of aromatic nitrogens is 4. The van der Waals surface area contributed by atoms with Gasteiger partial charge in [-0.25, -0.2) is 9.97 Å². The number of fused-ring (bicyclic) bond motifs is 1. The van der Waals surface area contributed by atoms with Crippen molar-refractivity contribution in [2.45, 2.75) is 13.8 Å². The number of hydrogen-bond donors (Lipinski definition) is 0. The lowest BCUT2D eigenvalue weighted by Gasteiger charge is -2.35. The molecule has 1 saturated heterocycles. The van der Waals surface area contributed by atoms with Gasteiger partial charge in [0.1, 0.15) is 12.1 Å². The zero-order valence-electron chi connectivity index (χ0n) is 15.3. The lowest BCUT2D eigenvalue weighted by molar-refractivity contribution is 0.0746. The Labute approximate surface area is 152 Å². The normalized spacial score (nSPS) is 14.9. The van der Waals surface area contributed by atoms with Crippen molar-refractivity contribution in [1.82, 2.24) is 24.6 Å². The maximum atomic E-state index is 12.8. The van der Waals surface area contributed by atoms with Gasteiger partial charge in [0.25, 0.3) is 5.91 Å². The number of aryl methyl sites for hydroxylation is 3. The molecule has 2 aromatic heterocycles. The van der Waals surface area contributed by atoms with Gasteiger partial charge in [0.05, 0.1) is 11.6 Å². The smallest absolute Gasteiger partial charge is 0.253 e. The largest absolute Gasteiger partial charge is 0.352 e. The number of rotatable bonds is 2. The Morgan fingerprint density at radius 1 is 1.00 bits per heavy atom. The summed E-state index contributed by atoms with van der Waals surface area (Å²) in [7, 11) is 1.87. The van der Waals surface area contributed by atoms with Gasteiger partial charge in [-0.1, -0.05) is 17.2 Å². The lowest BCUT2D eigenvalue weighted by atomic mass is 10.1. The second-order valence-corrected chi connectivity index (χ2v) is 6.86. The first-order valence-corrected chi connectivity index (χ1v) is 8.78. The third-order valence-corrected chi connectivity index (χ3v) is 4.84. The molecule has 0 saturated carbocycles. The molecule has 1 aliphatic heterocycles. The second kappa shape index (κ2) is 6.40. The van der Waals surface area contributed by atoms with Gasteiger partial charge in [-0.2, -0.15) is 5.10 Å². The highest BCUT2D eigenvalue weighted by atomic mass is 16.2. The minimum absolute atomic E-state index is 0.102. The molecule has 3 heterocycles. The fourth-order valence-corrected chi connectivity index (χ4v) is 3.60. The first kappa shape index (κ1) is 16.5. The predicted molar refractivity (Wildman–Crippen MR) is 100 cm³/mol. The van der Waals surface area contributed by atoms with E-state index >= 15 is 0 Å². The van der Waals surface area contributed by atoms with Crippen molar-refractivity contribution in [3.8, 4) is 0 Å². The summed E-state index contributed by atoms with van der Waals surface area (Å²) in [5.41, 5.74) is 3.83. The van der Waals surface area contributed by atoms with Crippen molar-refractivity contribution in [3.05, 3.63) is 47.4 Å². The summed E-state index contributed by atoms with van der Waals surface area (Å²) in [5, 5.41) is 5.22. The van der Waals surface area contributed by atoms with Gasteiger partial charge in [0.15, 0.2) is 5.65 Å². The molecule has 4 rings (SSSR count). The summed E-state index contributed by atoms with van der Waals surface area (Å²) in [6.07, 6.45) is 3.38. The number of benzene rings is 1. The van der Waals surface area contributed by atoms with Crippen molar-refractivity contribution >= 4 is 22.8 Å². The molecule has 0 unspecified atom stereocenters. The summed E-state index contributed by atoms with van der Waals surface area (Å²) in [6.45, 7) is 6.90. The van der Waals surface area contributed by atoms with Gasteiger partial charge in [0.2, 0.25) is 0 Å². The van der Waals surface area contributed by atoms with Crippen LogP contribution in [0.15, 0.2) is 30.7 Å². The van der Waals surface area contributed by atoms with Crippen molar-refractivity contribution in [1.29, 1.82) is 0 Å². The van der Waals surface area contributed by atoms with Crippen molar-refractivity contribution in [2.24, 2.45) is 7.05 Å². The highest BCUT2D eigenvalue weighted by molar-refractivity contribution is 5.95. The first-order chi connectivity index (χ1) is 12.5. The second-order valence-electron chi connectivity index (χ2n) is 6.86. The van der Waals surface area contributed by atoms with Gasteiger partial charge in [0, 0.05) is 38.8 Å². The molecule has 7 nitrogen and oxygen atoms in total. The minimum atomic E-state index is 0.102. The van der Waals surface area contributed by atoms with E-state index in [1.807, 2.05) is 37.9 Å². The van der Waals surface area contributed by atoms with Crippen LogP contribution in [-0.4, -0.2) is 56.7 Å². The molecular weight excluding hydrogens is 328 g/mol. The zero-order chi connectivity index (χ0) is 18.3. The van der Waals surface area contributed by atoms with Crippen LogP contribution < -0.4 is 4.90 Å². The highest BCUT2D eigenvalue weighted by Gasteiger charge is 2.24. The van der Waals surface area contributed by atoms with Crippen LogP contribution in [0.3, 0.4) is 0 Å². The van der Waals surface area contributed by atoms with Crippen LogP contribution in [-0.2, 0) is 7.05 Å². The molecule has 1 aromatic carbocycles. The zero-order valence-corrected chi connectivity index (χ0v) is 15.3. The van der Waals surface area contributed by atoms with E-state index in [0.717, 1.165) is 46.6 Å². The molecule has 0 radical (unpaired) electrons. The van der Waals surface area contributed by atoms with Crippen LogP contribution in [0, 0.1) is 13.8 Å². The fourth-order valence-electron chi connectivity index (χ4n) is 3.60. The summed E-state index contributed by atoms with van der Waals surface area (Å²) in [4.78, 5) is 25.7. The van der Waals surface area contributed by atoms with E-state index in [4.69, 9.17) is 0 Å². The Hall–Kier alpha value is -2.96. The van der Waals surface area contributed by atoms with Crippen molar-refractivity contribution in [2.75, 3.05) is 31.1 Å². The first-order valence-electron chi connectivity index (χ1n) is 8.78. The van der Waals surface area contributed by atoms with Crippen LogP contribution in [0.5, 0.6) is 0 Å². The number of amides is 1. The summed E-state index contributed by atoms with van der Waals surface area (Å²) in [5.74, 6) is 0.993. The van der Waals surface area contributed by atoms with E-state index in [2.05, 4.69) is 26.0 Å². The molecule has 1 amide bonds. The summed E-state index contributed by atoms with van der Waals surface area (Å²) >= 11 is 0. The molecule has 1 fully saturated rings. The van der Waals surface area contributed by atoms with Gasteiger partial charge >= 0.3 is 0 Å². The highest BCUT2D eigenvalue weighted by Crippen LogP contribution is 2.23. The summed E-state index contributed by atoms with van der Waals surface area (Å²) in [6, 6.07) is 6.01. The Kier molecular flexibility index (Phi) is 4.06. The SMILES string of the molecule is Cc1cc(C)cc(C(=O)N2CCN(c3ncnc4c3cnn4C)CC2)c1. The Morgan fingerprint density at radius 2 is 1.69 bits per heavy atom. The van der Waals surface area contributed by atoms with Gasteiger partial charge in [-0.3, -0.25) is 9.48 Å². The number of carbonyl (C=O) groups is 1. The molecule has 26 heavy (non-hydrogen) atoms. The van der Waals surface area contributed by atoms with Crippen LogP contribution in [0.2, 0.25) is 0 Å². The van der Waals surface area contributed by atoms with E-state index in [1.54, 1.807) is 17.2 Å². The quantitative estimate of drug-likeness (QED) is 0.707. The van der Waals surface area contributed by atoms with E-state index in [-0.39, 0.29) is 5.91 Å². The van der Waals surface area contributed by atoms with Crippen molar-refractivity contribution < 1.29 is 4.79 Å². The predicted octanol–water partition coefficient (Wildman–Crippen LogP) is 1.94. The average Bonchev–Trinajstić information content (AvgIpc) is 3.02. The molecule has 1 aliphatic rings. The molecule has 0 atom stereocenters. The minimum Gasteiger partial charge on any atom is -0.352 e. The number of anilines is 1. The third-order valence-electron chi connectivity index (χ3n) is 4.84. The Bertz CT molecular complexity index is 951. The maximum absolute atomic E-state index is 12.8. The average molecular weight is 350 g/mol.